The van der Waals surface area contributed by atoms with E-state index >= 15 is 0 Å². The van der Waals surface area contributed by atoms with Crippen LogP contribution in [-0.2, 0) is 5.75 Å². The Kier molecular flexibility index (Phi) is 7.35. The van der Waals surface area contributed by atoms with Gasteiger partial charge in [-0.15, -0.1) is 12.4 Å². The first-order chi connectivity index (χ1) is 13.2. The average Bonchev–Trinajstić information content (AvgIpc) is 3.27. The van der Waals surface area contributed by atoms with Crippen LogP contribution in [0, 0.1) is 5.92 Å². The number of likely N-dealkylation sites (tertiary alicyclic amines) is 1. The van der Waals surface area contributed by atoms with Crippen LogP contribution in [0.5, 0.6) is 0 Å². The first-order valence-electron chi connectivity index (χ1n) is 10.3. The highest BCUT2D eigenvalue weighted by atomic mass is 35.5. The van der Waals surface area contributed by atoms with Gasteiger partial charge < -0.3 is 15.1 Å². The predicted octanol–water partition coefficient (Wildman–Crippen LogP) is 5.23. The highest BCUT2D eigenvalue weighted by Crippen LogP contribution is 2.36. The van der Waals surface area contributed by atoms with Crippen molar-refractivity contribution in [3.8, 4) is 0 Å². The van der Waals surface area contributed by atoms with Crippen LogP contribution in [0.15, 0.2) is 28.7 Å². The van der Waals surface area contributed by atoms with E-state index in [1.165, 1.54) is 32.1 Å². The molecular weight excluding hydrogens is 392 g/mol. The number of nitrogens with zero attached hydrogens (tertiary/aromatic N) is 1. The summed E-state index contributed by atoms with van der Waals surface area (Å²) in [5.74, 6) is 1.83. The van der Waals surface area contributed by atoms with E-state index in [9.17, 15) is 4.79 Å². The fourth-order valence-corrected chi connectivity index (χ4v) is 5.93. The van der Waals surface area contributed by atoms with Crippen LogP contribution >= 0.6 is 24.2 Å². The molecule has 0 bridgehead atoms. The number of nitrogens with two attached hydrogens (primary N) is 1. The quantitative estimate of drug-likeness (QED) is 0.716. The van der Waals surface area contributed by atoms with Crippen LogP contribution in [0.25, 0.3) is 11.0 Å². The number of amides is 1. The van der Waals surface area contributed by atoms with Gasteiger partial charge in [0.25, 0.3) is 5.91 Å². The number of hydrogen-bond donors (Lipinski definition) is 1. The minimum atomic E-state index is 0. The highest BCUT2D eigenvalue weighted by molar-refractivity contribution is 7.99. The van der Waals surface area contributed by atoms with Crippen molar-refractivity contribution in [1.29, 1.82) is 0 Å². The van der Waals surface area contributed by atoms with E-state index in [0.29, 0.717) is 23.5 Å². The summed E-state index contributed by atoms with van der Waals surface area (Å²) in [7, 11) is 0. The zero-order valence-corrected chi connectivity index (χ0v) is 18.2. The van der Waals surface area contributed by atoms with Gasteiger partial charge in [0.1, 0.15) is 5.58 Å². The number of rotatable bonds is 5. The molecule has 1 aromatic carbocycles. The monoisotopic (exact) mass is 422 g/mol. The topological polar surface area (TPSA) is 59.5 Å². The van der Waals surface area contributed by atoms with Crippen LogP contribution in [0.4, 0.5) is 0 Å². The lowest BCUT2D eigenvalue weighted by atomic mass is 10.0. The van der Waals surface area contributed by atoms with Crippen LogP contribution in [0.1, 0.15) is 61.6 Å². The Hall–Kier alpha value is -1.17. The molecule has 2 unspecified atom stereocenters. The van der Waals surface area contributed by atoms with Crippen molar-refractivity contribution in [1.82, 2.24) is 4.90 Å². The SMILES string of the molecule is CC1CC(CN)CN1C(=O)c1oc2ccccc2c1CSC1CCCCC1.Cl. The third-order valence-corrected chi connectivity index (χ3v) is 7.56. The van der Waals surface area contributed by atoms with Gasteiger partial charge in [0.15, 0.2) is 5.76 Å². The molecule has 2 heterocycles. The lowest BCUT2D eigenvalue weighted by Crippen LogP contribution is -2.34. The molecule has 1 saturated heterocycles. The number of thioether (sulfide) groups is 1. The molecule has 1 aliphatic carbocycles. The first-order valence-corrected chi connectivity index (χ1v) is 11.3. The zero-order valence-electron chi connectivity index (χ0n) is 16.6. The van der Waals surface area contributed by atoms with Crippen molar-refractivity contribution in [2.45, 2.75) is 62.5 Å². The van der Waals surface area contributed by atoms with Crippen molar-refractivity contribution in [3.05, 3.63) is 35.6 Å². The molecule has 154 valence electrons. The molecule has 1 amide bonds. The summed E-state index contributed by atoms with van der Waals surface area (Å²) >= 11 is 2.00. The van der Waals surface area contributed by atoms with E-state index in [2.05, 4.69) is 13.0 Å². The van der Waals surface area contributed by atoms with Crippen LogP contribution < -0.4 is 5.73 Å². The molecule has 2 aliphatic rings. The molecule has 1 aromatic heterocycles. The van der Waals surface area contributed by atoms with E-state index in [0.717, 1.165) is 35.3 Å². The van der Waals surface area contributed by atoms with Gasteiger partial charge in [-0.2, -0.15) is 11.8 Å². The van der Waals surface area contributed by atoms with Crippen LogP contribution in [0.2, 0.25) is 0 Å². The smallest absolute Gasteiger partial charge is 0.290 e. The van der Waals surface area contributed by atoms with Crippen LogP contribution in [-0.4, -0.2) is 35.2 Å². The van der Waals surface area contributed by atoms with Crippen molar-refractivity contribution in [2.24, 2.45) is 11.7 Å². The summed E-state index contributed by atoms with van der Waals surface area (Å²) in [5, 5.41) is 1.80. The van der Waals surface area contributed by atoms with E-state index in [1.807, 2.05) is 34.9 Å². The number of carbonyl (C=O) groups excluding carboxylic acids is 1. The maximum Gasteiger partial charge on any atom is 0.290 e. The molecule has 2 aromatic rings. The molecule has 6 heteroatoms. The number of furan rings is 1. The molecule has 2 atom stereocenters. The Morgan fingerprint density at radius 2 is 2.00 bits per heavy atom. The minimum absolute atomic E-state index is 0. The Labute approximate surface area is 178 Å². The van der Waals surface area contributed by atoms with Gasteiger partial charge >= 0.3 is 0 Å². The first kappa shape index (κ1) is 21.5. The number of fused-ring (bicyclic) bond motifs is 1. The summed E-state index contributed by atoms with van der Waals surface area (Å²) in [6.45, 7) is 3.49. The molecule has 28 heavy (non-hydrogen) atoms. The Morgan fingerprint density at radius 1 is 1.25 bits per heavy atom. The normalized spacial score (nSPS) is 23.1. The van der Waals surface area contributed by atoms with E-state index in [-0.39, 0.29) is 24.4 Å². The second-order valence-corrected chi connectivity index (χ2v) is 9.41. The van der Waals surface area contributed by atoms with Crippen LogP contribution in [0.3, 0.4) is 0 Å². The summed E-state index contributed by atoms with van der Waals surface area (Å²) < 4.78 is 6.09. The molecule has 2 fully saturated rings. The largest absolute Gasteiger partial charge is 0.451 e. The minimum Gasteiger partial charge on any atom is -0.451 e. The van der Waals surface area contributed by atoms with Crippen molar-refractivity contribution >= 4 is 41.0 Å². The molecule has 0 spiro atoms. The average molecular weight is 423 g/mol. The fraction of sp³-hybridized carbons (Fsp3) is 0.591. The lowest BCUT2D eigenvalue weighted by molar-refractivity contribution is 0.0712. The number of hydrogen-bond acceptors (Lipinski definition) is 4. The van der Waals surface area contributed by atoms with Gasteiger partial charge in [-0.25, -0.2) is 0 Å². The molecular formula is C22H31ClN2O2S. The molecule has 0 radical (unpaired) electrons. The zero-order chi connectivity index (χ0) is 18.8. The van der Waals surface area contributed by atoms with Gasteiger partial charge in [0.2, 0.25) is 0 Å². The van der Waals surface area contributed by atoms with Gasteiger partial charge in [-0.3, -0.25) is 4.79 Å². The molecule has 1 aliphatic heterocycles. The van der Waals surface area contributed by atoms with E-state index in [1.54, 1.807) is 0 Å². The van der Waals surface area contributed by atoms with Gasteiger partial charge in [-0.05, 0) is 44.7 Å². The van der Waals surface area contributed by atoms with Crippen molar-refractivity contribution < 1.29 is 9.21 Å². The number of halogens is 1. The van der Waals surface area contributed by atoms with Gasteiger partial charge in [-0.1, -0.05) is 37.5 Å². The number of benzene rings is 1. The standard InChI is InChI=1S/C22H30N2O2S.ClH/c1-15-11-16(12-23)13-24(15)22(25)21-19(14-27-17-7-3-2-4-8-17)18-9-5-6-10-20(18)26-21;/h5-6,9-10,15-17H,2-4,7-8,11-14,23H2,1H3;1H. The number of para-hydroxylation sites is 1. The van der Waals surface area contributed by atoms with E-state index < -0.39 is 0 Å². The van der Waals surface area contributed by atoms with Gasteiger partial charge in [0, 0.05) is 34.5 Å². The lowest BCUT2D eigenvalue weighted by Gasteiger charge is -2.22. The maximum atomic E-state index is 13.3. The van der Waals surface area contributed by atoms with Crippen molar-refractivity contribution in [3.63, 3.8) is 0 Å². The summed E-state index contributed by atoms with van der Waals surface area (Å²) in [4.78, 5) is 15.3. The Morgan fingerprint density at radius 3 is 2.71 bits per heavy atom. The predicted molar refractivity (Wildman–Crippen MR) is 119 cm³/mol. The third kappa shape index (κ3) is 4.37. The Balaban J connectivity index is 0.00000225. The summed E-state index contributed by atoms with van der Waals surface area (Å²) in [5.41, 5.74) is 7.75. The number of carbonyl (C=O) groups is 1. The summed E-state index contributed by atoms with van der Waals surface area (Å²) in [6, 6.07) is 8.28. The Bertz CT molecular complexity index is 803. The maximum absolute atomic E-state index is 13.3. The second-order valence-electron chi connectivity index (χ2n) is 8.12. The second kappa shape index (κ2) is 9.55. The summed E-state index contributed by atoms with van der Waals surface area (Å²) in [6.07, 6.45) is 7.61. The molecule has 2 N–H and O–H groups in total. The molecule has 4 nitrogen and oxygen atoms in total. The molecule has 1 saturated carbocycles. The molecule has 4 rings (SSSR count). The fourth-order valence-electron chi connectivity index (χ4n) is 4.57. The van der Waals surface area contributed by atoms with Crippen molar-refractivity contribution in [2.75, 3.05) is 13.1 Å². The third-order valence-electron chi connectivity index (χ3n) is 6.16. The highest BCUT2D eigenvalue weighted by Gasteiger charge is 2.35. The van der Waals surface area contributed by atoms with Gasteiger partial charge in [0.05, 0.1) is 0 Å². The van der Waals surface area contributed by atoms with E-state index in [4.69, 9.17) is 10.2 Å².